The maximum atomic E-state index is 13.3. The molecule has 0 aliphatic heterocycles. The Hall–Kier alpha value is -0.890. The van der Waals surface area contributed by atoms with Crippen LogP contribution in [0.4, 0.5) is 4.39 Å². The molecule has 1 nitrogen and oxygen atoms in total. The third-order valence-corrected chi connectivity index (χ3v) is 4.15. The average Bonchev–Trinajstić information content (AvgIpc) is 2.79. The molecule has 1 N–H and O–H groups in total. The zero-order valence-corrected chi connectivity index (χ0v) is 10.7. The van der Waals surface area contributed by atoms with E-state index in [1.54, 1.807) is 12.1 Å². The Labute approximate surface area is 103 Å². The first-order valence-corrected chi connectivity index (χ1v) is 6.67. The van der Waals surface area contributed by atoms with E-state index in [0.717, 1.165) is 11.5 Å². The molecule has 0 aromatic heterocycles. The van der Waals surface area contributed by atoms with E-state index < -0.39 is 0 Å². The summed E-state index contributed by atoms with van der Waals surface area (Å²) in [7, 11) is 1.98. The van der Waals surface area contributed by atoms with Crippen molar-refractivity contribution in [2.45, 2.75) is 38.6 Å². The standard InChI is InChI=1S/C15H22FN/c1-3-11-7-8-13(9-11)15(17-2)12-5-4-6-14(16)10-12/h4-6,10-11,13,15,17H,3,7-9H2,1-2H3. The fourth-order valence-electron chi connectivity index (χ4n) is 3.16. The molecule has 0 amide bonds. The molecule has 1 aliphatic rings. The second-order valence-electron chi connectivity index (χ2n) is 5.17. The summed E-state index contributed by atoms with van der Waals surface area (Å²) in [5.74, 6) is 1.39. The topological polar surface area (TPSA) is 12.0 Å². The first-order chi connectivity index (χ1) is 8.24. The van der Waals surface area contributed by atoms with E-state index in [-0.39, 0.29) is 5.82 Å². The molecule has 0 bridgehead atoms. The van der Waals surface area contributed by atoms with Crippen LogP contribution in [0.25, 0.3) is 0 Å². The number of halogens is 1. The van der Waals surface area contributed by atoms with Crippen molar-refractivity contribution < 1.29 is 4.39 Å². The molecule has 3 unspecified atom stereocenters. The molecule has 17 heavy (non-hydrogen) atoms. The van der Waals surface area contributed by atoms with Gasteiger partial charge in [-0.1, -0.05) is 31.9 Å². The van der Waals surface area contributed by atoms with Gasteiger partial charge in [-0.2, -0.15) is 0 Å². The van der Waals surface area contributed by atoms with Crippen molar-refractivity contribution in [3.05, 3.63) is 35.6 Å². The van der Waals surface area contributed by atoms with Gasteiger partial charge >= 0.3 is 0 Å². The fourth-order valence-corrected chi connectivity index (χ4v) is 3.16. The first-order valence-electron chi connectivity index (χ1n) is 6.67. The van der Waals surface area contributed by atoms with Gasteiger partial charge in [0.05, 0.1) is 0 Å². The average molecular weight is 235 g/mol. The molecule has 3 atom stereocenters. The van der Waals surface area contributed by atoms with Gasteiger partial charge in [-0.15, -0.1) is 0 Å². The lowest BCUT2D eigenvalue weighted by Gasteiger charge is -2.24. The van der Waals surface area contributed by atoms with E-state index in [1.807, 2.05) is 13.1 Å². The number of rotatable bonds is 4. The van der Waals surface area contributed by atoms with Crippen LogP contribution in [0.3, 0.4) is 0 Å². The predicted octanol–water partition coefficient (Wildman–Crippen LogP) is 3.91. The monoisotopic (exact) mass is 235 g/mol. The number of hydrogen-bond donors (Lipinski definition) is 1. The van der Waals surface area contributed by atoms with Crippen molar-refractivity contribution in [2.24, 2.45) is 11.8 Å². The smallest absolute Gasteiger partial charge is 0.123 e. The summed E-state index contributed by atoms with van der Waals surface area (Å²) in [6, 6.07) is 7.33. The van der Waals surface area contributed by atoms with Crippen molar-refractivity contribution in [2.75, 3.05) is 7.05 Å². The molecule has 1 aromatic carbocycles. The molecule has 2 heteroatoms. The van der Waals surface area contributed by atoms with E-state index >= 15 is 0 Å². The second-order valence-corrected chi connectivity index (χ2v) is 5.17. The number of nitrogens with one attached hydrogen (secondary N) is 1. The first kappa shape index (κ1) is 12.6. The van der Waals surface area contributed by atoms with E-state index in [4.69, 9.17) is 0 Å². The predicted molar refractivity (Wildman–Crippen MR) is 69.3 cm³/mol. The van der Waals surface area contributed by atoms with E-state index in [1.165, 1.54) is 31.7 Å². The Morgan fingerprint density at radius 3 is 2.82 bits per heavy atom. The summed E-state index contributed by atoms with van der Waals surface area (Å²) in [5, 5.41) is 3.37. The van der Waals surface area contributed by atoms with Gasteiger partial charge in [-0.3, -0.25) is 0 Å². The van der Waals surface area contributed by atoms with Crippen LogP contribution in [0.5, 0.6) is 0 Å². The largest absolute Gasteiger partial charge is 0.313 e. The Morgan fingerprint density at radius 1 is 1.41 bits per heavy atom. The summed E-state index contributed by atoms with van der Waals surface area (Å²) in [4.78, 5) is 0. The van der Waals surface area contributed by atoms with Gasteiger partial charge in [0.1, 0.15) is 5.82 Å². The van der Waals surface area contributed by atoms with E-state index in [9.17, 15) is 4.39 Å². The molecule has 0 radical (unpaired) electrons. The normalized spacial score (nSPS) is 26.1. The zero-order valence-electron chi connectivity index (χ0n) is 10.7. The lowest BCUT2D eigenvalue weighted by Crippen LogP contribution is -2.24. The van der Waals surface area contributed by atoms with Gasteiger partial charge < -0.3 is 5.32 Å². The van der Waals surface area contributed by atoms with Gasteiger partial charge in [0.25, 0.3) is 0 Å². The lowest BCUT2D eigenvalue weighted by atomic mass is 9.90. The quantitative estimate of drug-likeness (QED) is 0.834. The van der Waals surface area contributed by atoms with Crippen LogP contribution < -0.4 is 5.32 Å². The Morgan fingerprint density at radius 2 is 2.24 bits per heavy atom. The third kappa shape index (κ3) is 2.86. The molecule has 1 aromatic rings. The molecular weight excluding hydrogens is 213 g/mol. The molecular formula is C15H22FN. The van der Waals surface area contributed by atoms with Crippen LogP contribution in [0.15, 0.2) is 24.3 Å². The SMILES string of the molecule is CCC1CCC(C(NC)c2cccc(F)c2)C1. The van der Waals surface area contributed by atoms with Gasteiger partial charge in [0, 0.05) is 6.04 Å². The Kier molecular flexibility index (Phi) is 4.16. The number of benzene rings is 1. The summed E-state index contributed by atoms with van der Waals surface area (Å²) in [5.41, 5.74) is 1.09. The van der Waals surface area contributed by atoms with Crippen LogP contribution in [-0.2, 0) is 0 Å². The summed E-state index contributed by atoms with van der Waals surface area (Å²) >= 11 is 0. The molecule has 94 valence electrons. The Bertz CT molecular complexity index is 364. The maximum Gasteiger partial charge on any atom is 0.123 e. The van der Waals surface area contributed by atoms with Crippen LogP contribution in [0, 0.1) is 17.7 Å². The van der Waals surface area contributed by atoms with Crippen LogP contribution in [0.1, 0.15) is 44.2 Å². The van der Waals surface area contributed by atoms with Crippen molar-refractivity contribution in [1.29, 1.82) is 0 Å². The van der Waals surface area contributed by atoms with Crippen molar-refractivity contribution in [1.82, 2.24) is 5.32 Å². The van der Waals surface area contributed by atoms with Crippen molar-refractivity contribution >= 4 is 0 Å². The Balaban J connectivity index is 2.11. The molecule has 0 spiro atoms. The summed E-state index contributed by atoms with van der Waals surface area (Å²) in [6.45, 7) is 2.27. The van der Waals surface area contributed by atoms with Gasteiger partial charge in [-0.05, 0) is 49.4 Å². The van der Waals surface area contributed by atoms with Crippen LogP contribution >= 0.6 is 0 Å². The minimum absolute atomic E-state index is 0.132. The highest BCUT2D eigenvalue weighted by atomic mass is 19.1. The molecule has 0 saturated heterocycles. The molecule has 1 aliphatic carbocycles. The highest BCUT2D eigenvalue weighted by Crippen LogP contribution is 2.40. The fraction of sp³-hybridized carbons (Fsp3) is 0.600. The highest BCUT2D eigenvalue weighted by molar-refractivity contribution is 5.21. The summed E-state index contributed by atoms with van der Waals surface area (Å²) in [6.07, 6.45) is 5.14. The number of hydrogen-bond acceptors (Lipinski definition) is 1. The minimum atomic E-state index is -0.132. The molecule has 1 fully saturated rings. The van der Waals surface area contributed by atoms with Crippen molar-refractivity contribution in [3.8, 4) is 0 Å². The van der Waals surface area contributed by atoms with E-state index in [2.05, 4.69) is 12.2 Å². The maximum absolute atomic E-state index is 13.3. The van der Waals surface area contributed by atoms with Crippen LogP contribution in [-0.4, -0.2) is 7.05 Å². The molecule has 1 saturated carbocycles. The highest BCUT2D eigenvalue weighted by Gasteiger charge is 2.30. The summed E-state index contributed by atoms with van der Waals surface area (Å²) < 4.78 is 13.3. The molecule has 2 rings (SSSR count). The third-order valence-electron chi connectivity index (χ3n) is 4.15. The van der Waals surface area contributed by atoms with E-state index in [0.29, 0.717) is 12.0 Å². The lowest BCUT2D eigenvalue weighted by molar-refractivity contribution is 0.371. The van der Waals surface area contributed by atoms with Gasteiger partial charge in [0.15, 0.2) is 0 Å². The zero-order chi connectivity index (χ0) is 12.3. The molecule has 0 heterocycles. The minimum Gasteiger partial charge on any atom is -0.313 e. The van der Waals surface area contributed by atoms with Crippen molar-refractivity contribution in [3.63, 3.8) is 0 Å². The van der Waals surface area contributed by atoms with Gasteiger partial charge in [-0.25, -0.2) is 4.39 Å². The van der Waals surface area contributed by atoms with Crippen LogP contribution in [0.2, 0.25) is 0 Å². The second kappa shape index (κ2) is 5.63. The van der Waals surface area contributed by atoms with Gasteiger partial charge in [0.2, 0.25) is 0 Å².